The number of hydrogen-bond acceptors (Lipinski definition) is 6. The van der Waals surface area contributed by atoms with E-state index in [-0.39, 0.29) is 17.6 Å². The molecule has 1 saturated heterocycles. The van der Waals surface area contributed by atoms with Crippen molar-refractivity contribution >= 4 is 23.6 Å². The maximum Gasteiger partial charge on any atom is 0.233 e. The molecule has 9 heteroatoms. The second-order valence-corrected chi connectivity index (χ2v) is 7.14. The number of thioether (sulfide) groups is 1. The summed E-state index contributed by atoms with van der Waals surface area (Å²) >= 11 is 1.34. The second kappa shape index (κ2) is 8.98. The summed E-state index contributed by atoms with van der Waals surface area (Å²) in [5.41, 5.74) is 0. The van der Waals surface area contributed by atoms with Gasteiger partial charge in [0.25, 0.3) is 0 Å². The van der Waals surface area contributed by atoms with Gasteiger partial charge in [-0.3, -0.25) is 14.2 Å². The molecular formula is C18H24N6O2S. The van der Waals surface area contributed by atoms with E-state index in [2.05, 4.69) is 15.2 Å². The number of carbonyl (C=O) groups is 2. The van der Waals surface area contributed by atoms with Crippen molar-refractivity contribution in [2.45, 2.75) is 38.4 Å². The van der Waals surface area contributed by atoms with Crippen molar-refractivity contribution in [3.05, 3.63) is 30.2 Å². The highest BCUT2D eigenvalue weighted by molar-refractivity contribution is 7.99. The zero-order valence-electron chi connectivity index (χ0n) is 15.7. The molecule has 1 fully saturated rings. The SMILES string of the molecule is CCN(CC)C(=O)CSc1nnc(CN2CCCC2=O)n1-c1ccccn1. The standard InChI is InChI=1S/C18H24N6O2S/c1-3-22(4-2)17(26)13-27-18-21-20-15(12-23-11-7-9-16(23)25)24(18)14-8-5-6-10-19-14/h5-6,8,10H,3-4,7,9,11-13H2,1-2H3. The minimum absolute atomic E-state index is 0.0665. The molecule has 2 aromatic rings. The van der Waals surface area contributed by atoms with Gasteiger partial charge in [-0.05, 0) is 32.4 Å². The van der Waals surface area contributed by atoms with E-state index in [0.717, 1.165) is 13.0 Å². The van der Waals surface area contributed by atoms with Crippen LogP contribution in [0, 0.1) is 0 Å². The lowest BCUT2D eigenvalue weighted by Gasteiger charge is -2.18. The van der Waals surface area contributed by atoms with Gasteiger partial charge in [0.05, 0.1) is 12.3 Å². The van der Waals surface area contributed by atoms with E-state index in [1.807, 2.05) is 36.6 Å². The Kier molecular flexibility index (Phi) is 6.44. The van der Waals surface area contributed by atoms with Gasteiger partial charge in [0.15, 0.2) is 11.0 Å². The highest BCUT2D eigenvalue weighted by atomic mass is 32.2. The van der Waals surface area contributed by atoms with Gasteiger partial charge in [-0.15, -0.1) is 10.2 Å². The van der Waals surface area contributed by atoms with E-state index in [1.165, 1.54) is 11.8 Å². The molecule has 144 valence electrons. The third-order valence-electron chi connectivity index (χ3n) is 4.52. The highest BCUT2D eigenvalue weighted by Gasteiger charge is 2.24. The minimum atomic E-state index is 0.0665. The maximum atomic E-state index is 12.3. The Hall–Kier alpha value is -2.42. The summed E-state index contributed by atoms with van der Waals surface area (Å²) in [7, 11) is 0. The summed E-state index contributed by atoms with van der Waals surface area (Å²) in [6, 6.07) is 5.60. The van der Waals surface area contributed by atoms with Crippen molar-refractivity contribution in [1.29, 1.82) is 0 Å². The topological polar surface area (TPSA) is 84.2 Å². The molecule has 1 aliphatic rings. The summed E-state index contributed by atoms with van der Waals surface area (Å²) in [5.74, 6) is 1.83. The van der Waals surface area contributed by atoms with Gasteiger partial charge in [-0.25, -0.2) is 4.98 Å². The molecule has 1 aliphatic heterocycles. The quantitative estimate of drug-likeness (QED) is 0.641. The molecule has 3 rings (SSSR count). The zero-order valence-corrected chi connectivity index (χ0v) is 16.5. The largest absolute Gasteiger partial charge is 0.343 e. The molecule has 0 aromatic carbocycles. The average molecular weight is 388 g/mol. The third-order valence-corrected chi connectivity index (χ3v) is 5.44. The number of rotatable bonds is 8. The Labute approximate surface area is 163 Å². The summed E-state index contributed by atoms with van der Waals surface area (Å²) in [6.45, 7) is 6.43. The van der Waals surface area contributed by atoms with Crippen molar-refractivity contribution < 1.29 is 9.59 Å². The van der Waals surface area contributed by atoms with Crippen LogP contribution in [-0.2, 0) is 16.1 Å². The predicted octanol–water partition coefficient (Wildman–Crippen LogP) is 1.75. The van der Waals surface area contributed by atoms with E-state index < -0.39 is 0 Å². The van der Waals surface area contributed by atoms with Crippen LogP contribution in [0.5, 0.6) is 0 Å². The molecule has 0 spiro atoms. The lowest BCUT2D eigenvalue weighted by atomic mass is 10.4. The highest BCUT2D eigenvalue weighted by Crippen LogP contribution is 2.23. The van der Waals surface area contributed by atoms with Crippen LogP contribution in [0.15, 0.2) is 29.6 Å². The van der Waals surface area contributed by atoms with Crippen molar-refractivity contribution in [3.63, 3.8) is 0 Å². The molecule has 27 heavy (non-hydrogen) atoms. The van der Waals surface area contributed by atoms with Gasteiger partial charge in [-0.2, -0.15) is 0 Å². The predicted molar refractivity (Wildman–Crippen MR) is 102 cm³/mol. The normalized spacial score (nSPS) is 14.0. The number of carbonyl (C=O) groups excluding carboxylic acids is 2. The fourth-order valence-electron chi connectivity index (χ4n) is 3.05. The first-order valence-electron chi connectivity index (χ1n) is 9.18. The molecule has 2 aromatic heterocycles. The zero-order chi connectivity index (χ0) is 19.2. The molecule has 0 bridgehead atoms. The van der Waals surface area contributed by atoms with Gasteiger partial charge < -0.3 is 9.80 Å². The van der Waals surface area contributed by atoms with Crippen molar-refractivity contribution in [1.82, 2.24) is 29.5 Å². The first-order valence-corrected chi connectivity index (χ1v) is 10.2. The second-order valence-electron chi connectivity index (χ2n) is 6.20. The summed E-state index contributed by atoms with van der Waals surface area (Å²) < 4.78 is 1.84. The molecular weight excluding hydrogens is 364 g/mol. The molecule has 0 unspecified atom stereocenters. The van der Waals surface area contributed by atoms with E-state index in [9.17, 15) is 9.59 Å². The molecule has 3 heterocycles. The molecule has 0 aliphatic carbocycles. The molecule has 0 saturated carbocycles. The van der Waals surface area contributed by atoms with Crippen molar-refractivity contribution in [2.75, 3.05) is 25.4 Å². The van der Waals surface area contributed by atoms with Crippen LogP contribution in [0.2, 0.25) is 0 Å². The number of amides is 2. The third kappa shape index (κ3) is 4.47. The molecule has 2 amide bonds. The van der Waals surface area contributed by atoms with Gasteiger partial charge in [-0.1, -0.05) is 17.8 Å². The fraction of sp³-hybridized carbons (Fsp3) is 0.500. The first-order chi connectivity index (χ1) is 13.1. The monoisotopic (exact) mass is 388 g/mol. The fourth-order valence-corrected chi connectivity index (χ4v) is 3.91. The molecule has 0 atom stereocenters. The van der Waals surface area contributed by atoms with E-state index in [0.29, 0.717) is 42.9 Å². The Morgan fingerprint density at radius 2 is 2.07 bits per heavy atom. The summed E-state index contributed by atoms with van der Waals surface area (Å²) in [6.07, 6.45) is 3.16. The van der Waals surface area contributed by atoms with Crippen LogP contribution in [-0.4, -0.2) is 66.7 Å². The van der Waals surface area contributed by atoms with Crippen LogP contribution in [0.1, 0.15) is 32.5 Å². The van der Waals surface area contributed by atoms with Crippen LogP contribution in [0.4, 0.5) is 0 Å². The summed E-state index contributed by atoms with van der Waals surface area (Å²) in [4.78, 5) is 32.3. The van der Waals surface area contributed by atoms with Crippen LogP contribution >= 0.6 is 11.8 Å². The Balaban J connectivity index is 1.83. The first kappa shape index (κ1) is 19.3. The van der Waals surface area contributed by atoms with Crippen LogP contribution in [0.3, 0.4) is 0 Å². The van der Waals surface area contributed by atoms with Gasteiger partial charge in [0, 0.05) is 32.3 Å². The maximum absolute atomic E-state index is 12.3. The number of aromatic nitrogens is 4. The van der Waals surface area contributed by atoms with E-state index >= 15 is 0 Å². The lowest BCUT2D eigenvalue weighted by Crippen LogP contribution is -2.32. The molecule has 0 N–H and O–H groups in total. The van der Waals surface area contributed by atoms with Gasteiger partial charge >= 0.3 is 0 Å². The Morgan fingerprint density at radius 1 is 1.26 bits per heavy atom. The van der Waals surface area contributed by atoms with Crippen LogP contribution < -0.4 is 0 Å². The Bertz CT molecular complexity index is 790. The van der Waals surface area contributed by atoms with Crippen molar-refractivity contribution in [2.24, 2.45) is 0 Å². The Morgan fingerprint density at radius 3 is 2.70 bits per heavy atom. The van der Waals surface area contributed by atoms with E-state index in [1.54, 1.807) is 16.0 Å². The number of nitrogens with zero attached hydrogens (tertiary/aromatic N) is 6. The average Bonchev–Trinajstić information content (AvgIpc) is 3.28. The van der Waals surface area contributed by atoms with Gasteiger partial charge in [0.1, 0.15) is 5.82 Å². The number of hydrogen-bond donors (Lipinski definition) is 0. The van der Waals surface area contributed by atoms with Crippen molar-refractivity contribution in [3.8, 4) is 5.82 Å². The molecule has 8 nitrogen and oxygen atoms in total. The minimum Gasteiger partial charge on any atom is -0.343 e. The smallest absolute Gasteiger partial charge is 0.233 e. The lowest BCUT2D eigenvalue weighted by molar-refractivity contribution is -0.128. The van der Waals surface area contributed by atoms with E-state index in [4.69, 9.17) is 0 Å². The summed E-state index contributed by atoms with van der Waals surface area (Å²) in [5, 5.41) is 9.16. The van der Waals surface area contributed by atoms with Crippen LogP contribution in [0.25, 0.3) is 5.82 Å². The van der Waals surface area contributed by atoms with Gasteiger partial charge in [0.2, 0.25) is 11.8 Å². The molecule has 0 radical (unpaired) electrons. The number of likely N-dealkylation sites (tertiary alicyclic amines) is 1. The number of pyridine rings is 1.